The molecule has 0 aliphatic rings. The average Bonchev–Trinajstić information content (AvgIpc) is 2.86. The van der Waals surface area contributed by atoms with Crippen molar-refractivity contribution in [2.24, 2.45) is 0 Å². The van der Waals surface area contributed by atoms with Gasteiger partial charge in [0, 0.05) is 32.6 Å². The molecular formula is C16H23N3O. The highest BCUT2D eigenvalue weighted by Gasteiger charge is 2.05. The molecule has 1 N–H and O–H groups in total. The van der Waals surface area contributed by atoms with Gasteiger partial charge in [-0.1, -0.05) is 23.8 Å². The molecule has 0 radical (unpaired) electrons. The normalized spacial score (nSPS) is 10.9. The first-order valence-corrected chi connectivity index (χ1v) is 6.96. The highest BCUT2D eigenvalue weighted by Crippen LogP contribution is 2.13. The van der Waals surface area contributed by atoms with Crippen LogP contribution in [0.5, 0.6) is 0 Å². The summed E-state index contributed by atoms with van der Waals surface area (Å²) in [5.74, 6) is 1.06. The molecule has 0 bridgehead atoms. The van der Waals surface area contributed by atoms with Crippen LogP contribution >= 0.6 is 0 Å². The summed E-state index contributed by atoms with van der Waals surface area (Å²) in [6, 6.07) is 6.58. The molecule has 2 rings (SSSR count). The molecule has 4 nitrogen and oxygen atoms in total. The molecule has 4 heteroatoms. The van der Waals surface area contributed by atoms with Gasteiger partial charge in [-0.15, -0.1) is 0 Å². The highest BCUT2D eigenvalue weighted by molar-refractivity contribution is 5.30. The van der Waals surface area contributed by atoms with Crippen LogP contribution in [0.1, 0.15) is 22.5 Å². The van der Waals surface area contributed by atoms with E-state index in [1.807, 2.05) is 12.4 Å². The van der Waals surface area contributed by atoms with Crippen LogP contribution < -0.4 is 5.32 Å². The Morgan fingerprint density at radius 3 is 2.95 bits per heavy atom. The first-order valence-electron chi connectivity index (χ1n) is 6.96. The van der Waals surface area contributed by atoms with Gasteiger partial charge in [0.1, 0.15) is 5.82 Å². The van der Waals surface area contributed by atoms with Gasteiger partial charge < -0.3 is 14.6 Å². The summed E-state index contributed by atoms with van der Waals surface area (Å²) in [6.45, 7) is 7.48. The van der Waals surface area contributed by atoms with E-state index < -0.39 is 0 Å². The maximum Gasteiger partial charge on any atom is 0.122 e. The fraction of sp³-hybridized carbons (Fsp3) is 0.438. The second-order valence-electron chi connectivity index (χ2n) is 5.07. The predicted octanol–water partition coefficient (Wildman–Crippen LogP) is 2.28. The van der Waals surface area contributed by atoms with Crippen LogP contribution in [0.15, 0.2) is 30.6 Å². The number of hydrogen-bond donors (Lipinski definition) is 1. The van der Waals surface area contributed by atoms with Crippen LogP contribution in [0.2, 0.25) is 0 Å². The van der Waals surface area contributed by atoms with E-state index in [2.05, 4.69) is 46.9 Å². The van der Waals surface area contributed by atoms with Crippen molar-refractivity contribution >= 4 is 0 Å². The van der Waals surface area contributed by atoms with E-state index >= 15 is 0 Å². The third-order valence-electron chi connectivity index (χ3n) is 3.41. The quantitative estimate of drug-likeness (QED) is 0.787. The SMILES string of the molecule is COCCNCc1nccn1Cc1cc(C)ccc1C. The van der Waals surface area contributed by atoms with Gasteiger partial charge in [0.15, 0.2) is 0 Å². The van der Waals surface area contributed by atoms with E-state index in [9.17, 15) is 0 Å². The molecule has 0 amide bonds. The summed E-state index contributed by atoms with van der Waals surface area (Å²) in [4.78, 5) is 4.42. The minimum atomic E-state index is 0.720. The van der Waals surface area contributed by atoms with Crippen molar-refractivity contribution in [2.75, 3.05) is 20.3 Å². The van der Waals surface area contributed by atoms with Gasteiger partial charge in [-0.2, -0.15) is 0 Å². The molecule has 0 saturated carbocycles. The first-order chi connectivity index (χ1) is 9.70. The third kappa shape index (κ3) is 3.92. The standard InChI is InChI=1S/C16H23N3O/c1-13-4-5-14(2)15(10-13)12-19-8-6-18-16(19)11-17-7-9-20-3/h4-6,8,10,17H,7,9,11-12H2,1-3H3. The van der Waals surface area contributed by atoms with E-state index in [0.717, 1.165) is 32.1 Å². The lowest BCUT2D eigenvalue weighted by Gasteiger charge is -2.11. The van der Waals surface area contributed by atoms with Gasteiger partial charge in [0.05, 0.1) is 13.2 Å². The van der Waals surface area contributed by atoms with E-state index in [4.69, 9.17) is 4.74 Å². The Morgan fingerprint density at radius 1 is 1.30 bits per heavy atom. The van der Waals surface area contributed by atoms with Crippen molar-refractivity contribution < 1.29 is 4.74 Å². The van der Waals surface area contributed by atoms with Gasteiger partial charge in [0.2, 0.25) is 0 Å². The van der Waals surface area contributed by atoms with Gasteiger partial charge in [0.25, 0.3) is 0 Å². The van der Waals surface area contributed by atoms with Gasteiger partial charge in [-0.25, -0.2) is 4.98 Å². The van der Waals surface area contributed by atoms with E-state index in [1.54, 1.807) is 7.11 Å². The van der Waals surface area contributed by atoms with E-state index in [1.165, 1.54) is 16.7 Å². The Kier molecular flexibility index (Phi) is 5.32. The van der Waals surface area contributed by atoms with Crippen LogP contribution in [0, 0.1) is 13.8 Å². The number of aryl methyl sites for hydroxylation is 2. The Bertz CT molecular complexity index is 548. The molecule has 0 saturated heterocycles. The summed E-state index contributed by atoms with van der Waals surface area (Å²) in [5, 5.41) is 3.33. The maximum atomic E-state index is 5.03. The van der Waals surface area contributed by atoms with Crippen LogP contribution in [0.25, 0.3) is 0 Å². The second-order valence-corrected chi connectivity index (χ2v) is 5.07. The Balaban J connectivity index is 2.02. The van der Waals surface area contributed by atoms with E-state index in [0.29, 0.717) is 0 Å². The molecule has 0 spiro atoms. The molecule has 0 fully saturated rings. The molecule has 108 valence electrons. The van der Waals surface area contributed by atoms with Crippen molar-refractivity contribution in [1.29, 1.82) is 0 Å². The van der Waals surface area contributed by atoms with Gasteiger partial charge in [-0.05, 0) is 25.0 Å². The fourth-order valence-corrected chi connectivity index (χ4v) is 2.18. The molecule has 1 aromatic carbocycles. The third-order valence-corrected chi connectivity index (χ3v) is 3.41. The summed E-state index contributed by atoms with van der Waals surface area (Å²) >= 11 is 0. The van der Waals surface area contributed by atoms with Gasteiger partial charge >= 0.3 is 0 Å². The zero-order chi connectivity index (χ0) is 14.4. The molecule has 2 aromatic rings. The Labute approximate surface area is 120 Å². The molecule has 0 unspecified atom stereocenters. The van der Waals surface area contributed by atoms with Crippen LogP contribution in [0.3, 0.4) is 0 Å². The minimum absolute atomic E-state index is 0.720. The number of hydrogen-bond acceptors (Lipinski definition) is 3. The maximum absolute atomic E-state index is 5.03. The van der Waals surface area contributed by atoms with Crippen LogP contribution in [0.4, 0.5) is 0 Å². The Hall–Kier alpha value is -1.65. The summed E-state index contributed by atoms with van der Waals surface area (Å²) in [6.07, 6.45) is 3.90. The number of nitrogens with zero attached hydrogens (tertiary/aromatic N) is 2. The smallest absolute Gasteiger partial charge is 0.122 e. The summed E-state index contributed by atoms with van der Waals surface area (Å²) in [5.41, 5.74) is 3.97. The van der Waals surface area contributed by atoms with Crippen molar-refractivity contribution in [1.82, 2.24) is 14.9 Å². The predicted molar refractivity (Wildman–Crippen MR) is 80.8 cm³/mol. The molecule has 1 heterocycles. The zero-order valence-electron chi connectivity index (χ0n) is 12.5. The molecule has 0 atom stereocenters. The van der Waals surface area contributed by atoms with Crippen LogP contribution in [-0.2, 0) is 17.8 Å². The lowest BCUT2D eigenvalue weighted by molar-refractivity contribution is 0.199. The molecule has 20 heavy (non-hydrogen) atoms. The largest absolute Gasteiger partial charge is 0.383 e. The zero-order valence-corrected chi connectivity index (χ0v) is 12.5. The second kappa shape index (κ2) is 7.22. The lowest BCUT2D eigenvalue weighted by atomic mass is 10.1. The number of methoxy groups -OCH3 is 1. The fourth-order valence-electron chi connectivity index (χ4n) is 2.18. The van der Waals surface area contributed by atoms with Gasteiger partial charge in [-0.3, -0.25) is 0 Å². The number of aromatic nitrogens is 2. The average molecular weight is 273 g/mol. The summed E-state index contributed by atoms with van der Waals surface area (Å²) < 4.78 is 7.22. The number of ether oxygens (including phenoxy) is 1. The van der Waals surface area contributed by atoms with Crippen molar-refractivity contribution in [3.05, 3.63) is 53.1 Å². The van der Waals surface area contributed by atoms with Crippen molar-refractivity contribution in [2.45, 2.75) is 26.9 Å². The highest BCUT2D eigenvalue weighted by atomic mass is 16.5. The molecular weight excluding hydrogens is 250 g/mol. The number of imidazole rings is 1. The number of rotatable bonds is 7. The number of nitrogens with one attached hydrogen (secondary N) is 1. The first kappa shape index (κ1) is 14.8. The van der Waals surface area contributed by atoms with Crippen molar-refractivity contribution in [3.8, 4) is 0 Å². The lowest BCUT2D eigenvalue weighted by Crippen LogP contribution is -2.21. The topological polar surface area (TPSA) is 39.1 Å². The molecule has 0 aliphatic carbocycles. The van der Waals surface area contributed by atoms with Crippen LogP contribution in [-0.4, -0.2) is 29.8 Å². The minimum Gasteiger partial charge on any atom is -0.383 e. The van der Waals surface area contributed by atoms with Crippen molar-refractivity contribution in [3.63, 3.8) is 0 Å². The molecule has 0 aliphatic heterocycles. The van der Waals surface area contributed by atoms with E-state index in [-0.39, 0.29) is 0 Å². The summed E-state index contributed by atoms with van der Waals surface area (Å²) in [7, 11) is 1.71. The Morgan fingerprint density at radius 2 is 2.15 bits per heavy atom. The monoisotopic (exact) mass is 273 g/mol. The molecule has 1 aromatic heterocycles. The number of benzene rings is 1.